The summed E-state index contributed by atoms with van der Waals surface area (Å²) in [6.45, 7) is 6.87. The molecule has 11 heavy (non-hydrogen) atoms. The largest absolute Gasteiger partial charge is 0.356 e. The number of rotatable bonds is 5. The predicted molar refractivity (Wildman–Crippen MR) is 47.1 cm³/mol. The summed E-state index contributed by atoms with van der Waals surface area (Å²) >= 11 is 0. The Kier molecular flexibility index (Phi) is 5.90. The molecule has 0 rings (SSSR count). The van der Waals surface area contributed by atoms with Crippen molar-refractivity contribution in [1.29, 1.82) is 0 Å². The Labute approximate surface area is 69.4 Å². The highest BCUT2D eigenvalue weighted by Gasteiger charge is 2.04. The van der Waals surface area contributed by atoms with Crippen LogP contribution in [0.2, 0.25) is 0 Å². The topological polar surface area (TPSA) is 29.1 Å². The summed E-state index contributed by atoms with van der Waals surface area (Å²) in [5.74, 6) is 0.677. The maximum absolute atomic E-state index is 10.8. The molecule has 0 saturated carbocycles. The molecular weight excluding hydrogens is 138 g/mol. The molecular formula is C9H18NO. The molecule has 0 spiro atoms. The minimum Gasteiger partial charge on any atom is -0.356 e. The van der Waals surface area contributed by atoms with E-state index < -0.39 is 0 Å². The number of carbonyl (C=O) groups is 1. The molecule has 0 aliphatic rings. The van der Waals surface area contributed by atoms with Crippen LogP contribution < -0.4 is 5.32 Å². The summed E-state index contributed by atoms with van der Waals surface area (Å²) in [4.78, 5) is 10.8. The van der Waals surface area contributed by atoms with Gasteiger partial charge in [0, 0.05) is 13.0 Å². The molecule has 0 saturated heterocycles. The molecule has 2 heteroatoms. The van der Waals surface area contributed by atoms with Gasteiger partial charge in [-0.25, -0.2) is 0 Å². The second-order valence-electron chi connectivity index (χ2n) is 2.72. The summed E-state index contributed by atoms with van der Waals surface area (Å²) in [6, 6.07) is 0. The molecule has 0 aromatic carbocycles. The van der Waals surface area contributed by atoms with E-state index in [0.717, 1.165) is 19.4 Å². The van der Waals surface area contributed by atoms with Gasteiger partial charge in [0.1, 0.15) is 0 Å². The third-order valence-corrected chi connectivity index (χ3v) is 1.98. The van der Waals surface area contributed by atoms with Gasteiger partial charge in [-0.05, 0) is 5.92 Å². The minimum atomic E-state index is 0.0388. The Bertz CT molecular complexity index is 108. The van der Waals surface area contributed by atoms with E-state index in [9.17, 15) is 4.79 Å². The number of nitrogens with one attached hydrogen (secondary N) is 1. The second kappa shape index (κ2) is 6.20. The van der Waals surface area contributed by atoms with Gasteiger partial charge in [-0.15, -0.1) is 0 Å². The van der Waals surface area contributed by atoms with Gasteiger partial charge in [-0.1, -0.05) is 33.6 Å². The maximum atomic E-state index is 10.8. The van der Waals surface area contributed by atoms with E-state index in [1.54, 1.807) is 13.3 Å². The molecule has 2 nitrogen and oxygen atoms in total. The fraction of sp³-hybridized carbons (Fsp3) is 0.778. The van der Waals surface area contributed by atoms with E-state index in [1.807, 2.05) is 0 Å². The van der Waals surface area contributed by atoms with E-state index in [0.29, 0.717) is 5.92 Å². The van der Waals surface area contributed by atoms with Crippen LogP contribution in [0.3, 0.4) is 0 Å². The lowest BCUT2D eigenvalue weighted by Crippen LogP contribution is -2.28. The van der Waals surface area contributed by atoms with Gasteiger partial charge in [0.15, 0.2) is 0 Å². The zero-order chi connectivity index (χ0) is 8.69. The molecule has 0 aromatic rings. The van der Waals surface area contributed by atoms with E-state index in [-0.39, 0.29) is 5.91 Å². The molecule has 0 aliphatic carbocycles. The Morgan fingerprint density at radius 3 is 2.36 bits per heavy atom. The molecule has 0 aliphatic heterocycles. The van der Waals surface area contributed by atoms with Crippen LogP contribution in [0.4, 0.5) is 0 Å². The van der Waals surface area contributed by atoms with Gasteiger partial charge in [-0.2, -0.15) is 0 Å². The number of hydrogen-bond donors (Lipinski definition) is 1. The van der Waals surface area contributed by atoms with Crippen LogP contribution in [0, 0.1) is 12.3 Å². The van der Waals surface area contributed by atoms with Gasteiger partial charge in [-0.3, -0.25) is 4.79 Å². The summed E-state index contributed by atoms with van der Waals surface area (Å²) in [7, 11) is 0. The zero-order valence-electron chi connectivity index (χ0n) is 7.68. The summed E-state index contributed by atoms with van der Waals surface area (Å²) < 4.78 is 0. The third kappa shape index (κ3) is 4.82. The lowest BCUT2D eigenvalue weighted by atomic mass is 10.0. The van der Waals surface area contributed by atoms with E-state index in [2.05, 4.69) is 19.2 Å². The van der Waals surface area contributed by atoms with Crippen molar-refractivity contribution in [1.82, 2.24) is 5.32 Å². The number of amides is 1. The van der Waals surface area contributed by atoms with Crippen LogP contribution in [0.15, 0.2) is 0 Å². The summed E-state index contributed by atoms with van der Waals surface area (Å²) in [5.41, 5.74) is 0. The quantitative estimate of drug-likeness (QED) is 0.645. The average Bonchev–Trinajstić information content (AvgIpc) is 2.06. The van der Waals surface area contributed by atoms with Crippen molar-refractivity contribution in [2.45, 2.75) is 33.6 Å². The Morgan fingerprint density at radius 1 is 1.45 bits per heavy atom. The normalized spacial score (nSPS) is 10.2. The Hall–Kier alpha value is -0.530. The van der Waals surface area contributed by atoms with Crippen LogP contribution in [0.5, 0.6) is 0 Å². The molecule has 1 N–H and O–H groups in total. The van der Waals surface area contributed by atoms with Crippen molar-refractivity contribution in [2.24, 2.45) is 5.92 Å². The van der Waals surface area contributed by atoms with Crippen molar-refractivity contribution in [3.05, 3.63) is 6.42 Å². The van der Waals surface area contributed by atoms with Gasteiger partial charge in [0.05, 0.1) is 0 Å². The highest BCUT2D eigenvalue weighted by molar-refractivity contribution is 5.83. The molecule has 65 valence electrons. The van der Waals surface area contributed by atoms with Gasteiger partial charge in [0.25, 0.3) is 0 Å². The SMILES string of the molecule is C[CH]C(=O)NCC(CC)CC. The van der Waals surface area contributed by atoms with Gasteiger partial charge >= 0.3 is 0 Å². The molecule has 0 atom stereocenters. The molecule has 0 bridgehead atoms. The Morgan fingerprint density at radius 2 is 2.00 bits per heavy atom. The first-order chi connectivity index (χ1) is 5.24. The number of carbonyl (C=O) groups excluding carboxylic acids is 1. The average molecular weight is 156 g/mol. The monoisotopic (exact) mass is 156 g/mol. The molecule has 1 amide bonds. The van der Waals surface area contributed by atoms with Crippen molar-refractivity contribution in [3.8, 4) is 0 Å². The minimum absolute atomic E-state index is 0.0388. The van der Waals surface area contributed by atoms with Crippen LogP contribution >= 0.6 is 0 Å². The highest BCUT2D eigenvalue weighted by Crippen LogP contribution is 2.04. The van der Waals surface area contributed by atoms with Crippen molar-refractivity contribution < 1.29 is 4.79 Å². The summed E-state index contributed by atoms with van der Waals surface area (Å²) in [5, 5.41) is 2.84. The maximum Gasteiger partial charge on any atom is 0.223 e. The molecule has 0 unspecified atom stereocenters. The van der Waals surface area contributed by atoms with Crippen molar-refractivity contribution >= 4 is 5.91 Å². The molecule has 0 fully saturated rings. The number of hydrogen-bond acceptors (Lipinski definition) is 1. The molecule has 0 heterocycles. The molecule has 0 aromatic heterocycles. The van der Waals surface area contributed by atoms with Crippen LogP contribution in [0.1, 0.15) is 33.6 Å². The first-order valence-electron chi connectivity index (χ1n) is 4.31. The third-order valence-electron chi connectivity index (χ3n) is 1.98. The smallest absolute Gasteiger partial charge is 0.223 e. The standard InChI is InChI=1S/C9H18NO/c1-4-8(5-2)7-10-9(11)6-3/h6,8H,4-5,7H2,1-3H3,(H,10,11). The van der Waals surface area contributed by atoms with Crippen molar-refractivity contribution in [3.63, 3.8) is 0 Å². The van der Waals surface area contributed by atoms with Crippen molar-refractivity contribution in [2.75, 3.05) is 6.54 Å². The summed E-state index contributed by atoms with van der Waals surface area (Å²) in [6.07, 6.45) is 3.84. The zero-order valence-corrected chi connectivity index (χ0v) is 7.68. The lowest BCUT2D eigenvalue weighted by Gasteiger charge is -2.12. The second-order valence-corrected chi connectivity index (χ2v) is 2.72. The fourth-order valence-electron chi connectivity index (χ4n) is 0.924. The predicted octanol–water partition coefficient (Wildman–Crippen LogP) is 1.76. The lowest BCUT2D eigenvalue weighted by molar-refractivity contribution is -0.117. The van der Waals surface area contributed by atoms with Crippen LogP contribution in [0.25, 0.3) is 0 Å². The van der Waals surface area contributed by atoms with Gasteiger partial charge < -0.3 is 5.32 Å². The van der Waals surface area contributed by atoms with Gasteiger partial charge in [0.2, 0.25) is 5.91 Å². The molecule has 1 radical (unpaired) electrons. The van der Waals surface area contributed by atoms with E-state index in [1.165, 1.54) is 0 Å². The Balaban J connectivity index is 3.42. The highest BCUT2D eigenvalue weighted by atomic mass is 16.1. The van der Waals surface area contributed by atoms with Crippen LogP contribution in [-0.2, 0) is 4.79 Å². The van der Waals surface area contributed by atoms with Crippen LogP contribution in [-0.4, -0.2) is 12.5 Å². The van der Waals surface area contributed by atoms with E-state index >= 15 is 0 Å². The van der Waals surface area contributed by atoms with E-state index in [4.69, 9.17) is 0 Å². The first-order valence-corrected chi connectivity index (χ1v) is 4.31. The first kappa shape index (κ1) is 10.5. The fourth-order valence-corrected chi connectivity index (χ4v) is 0.924.